The summed E-state index contributed by atoms with van der Waals surface area (Å²) in [5, 5.41) is 3.08. The van der Waals surface area contributed by atoms with Crippen molar-refractivity contribution in [2.24, 2.45) is 0 Å². The number of carbonyl (C=O) groups is 1. The SMILES string of the molecule is CNC1CCCC(C)N(c2cnc[nH]2)C1=O. The van der Waals surface area contributed by atoms with Crippen LogP contribution in [0, 0.1) is 0 Å². The Balaban J connectivity index is 2.27. The van der Waals surface area contributed by atoms with E-state index in [1.165, 1.54) is 0 Å². The highest BCUT2D eigenvalue weighted by Crippen LogP contribution is 2.22. The van der Waals surface area contributed by atoms with Gasteiger partial charge < -0.3 is 10.3 Å². The Hall–Kier alpha value is -1.36. The normalized spacial score (nSPS) is 26.9. The number of anilines is 1. The first kappa shape index (κ1) is 11.1. The molecule has 1 aliphatic heterocycles. The van der Waals surface area contributed by atoms with E-state index in [1.54, 1.807) is 12.5 Å². The molecule has 88 valence electrons. The number of carbonyl (C=O) groups excluding carboxylic acids is 1. The third-order valence-corrected chi connectivity index (χ3v) is 3.18. The predicted octanol–water partition coefficient (Wildman–Crippen LogP) is 0.903. The Labute approximate surface area is 95.2 Å². The van der Waals surface area contributed by atoms with Gasteiger partial charge >= 0.3 is 0 Å². The zero-order valence-corrected chi connectivity index (χ0v) is 9.73. The molecule has 0 spiro atoms. The minimum atomic E-state index is -0.0757. The number of aromatic amines is 1. The van der Waals surface area contributed by atoms with Gasteiger partial charge in [0, 0.05) is 6.04 Å². The molecule has 1 aromatic heterocycles. The monoisotopic (exact) mass is 222 g/mol. The van der Waals surface area contributed by atoms with Crippen molar-refractivity contribution in [3.63, 3.8) is 0 Å². The minimum Gasteiger partial charge on any atom is -0.331 e. The summed E-state index contributed by atoms with van der Waals surface area (Å²) in [6.07, 6.45) is 6.32. The lowest BCUT2D eigenvalue weighted by Crippen LogP contribution is -2.47. The Morgan fingerprint density at radius 2 is 2.38 bits per heavy atom. The molecule has 1 saturated heterocycles. The third kappa shape index (κ3) is 1.95. The summed E-state index contributed by atoms with van der Waals surface area (Å²) in [4.78, 5) is 21.1. The number of hydrogen-bond acceptors (Lipinski definition) is 3. The number of nitrogens with zero attached hydrogens (tertiary/aromatic N) is 2. The molecule has 5 heteroatoms. The number of imidazole rings is 1. The van der Waals surface area contributed by atoms with Crippen LogP contribution in [0.3, 0.4) is 0 Å². The van der Waals surface area contributed by atoms with E-state index >= 15 is 0 Å². The van der Waals surface area contributed by atoms with Gasteiger partial charge in [0.05, 0.1) is 18.6 Å². The second-order valence-corrected chi connectivity index (χ2v) is 4.27. The molecule has 1 fully saturated rings. The van der Waals surface area contributed by atoms with E-state index in [0.717, 1.165) is 25.1 Å². The van der Waals surface area contributed by atoms with Crippen LogP contribution < -0.4 is 10.2 Å². The molecule has 0 radical (unpaired) electrons. The Bertz CT molecular complexity index is 349. The summed E-state index contributed by atoms with van der Waals surface area (Å²) in [6, 6.07) is 0.152. The zero-order valence-electron chi connectivity index (χ0n) is 9.73. The number of nitrogens with one attached hydrogen (secondary N) is 2. The van der Waals surface area contributed by atoms with Gasteiger partial charge in [-0.1, -0.05) is 0 Å². The molecule has 1 amide bonds. The molecule has 1 aromatic rings. The van der Waals surface area contributed by atoms with Gasteiger partial charge in [-0.15, -0.1) is 0 Å². The molecule has 0 bridgehead atoms. The van der Waals surface area contributed by atoms with Crippen LogP contribution in [0.5, 0.6) is 0 Å². The van der Waals surface area contributed by atoms with Crippen molar-refractivity contribution in [2.75, 3.05) is 11.9 Å². The lowest BCUT2D eigenvalue weighted by Gasteiger charge is -2.27. The number of rotatable bonds is 2. The maximum absolute atomic E-state index is 12.3. The van der Waals surface area contributed by atoms with Crippen molar-refractivity contribution in [3.05, 3.63) is 12.5 Å². The fourth-order valence-electron chi connectivity index (χ4n) is 2.26. The van der Waals surface area contributed by atoms with Crippen LogP contribution in [0.1, 0.15) is 26.2 Å². The second kappa shape index (κ2) is 4.65. The van der Waals surface area contributed by atoms with Gasteiger partial charge in [-0.2, -0.15) is 0 Å². The summed E-state index contributed by atoms with van der Waals surface area (Å²) in [7, 11) is 1.84. The molecular weight excluding hydrogens is 204 g/mol. The summed E-state index contributed by atoms with van der Waals surface area (Å²) in [6.45, 7) is 2.08. The van der Waals surface area contributed by atoms with Gasteiger partial charge in [0.1, 0.15) is 5.82 Å². The minimum absolute atomic E-state index is 0.0757. The highest BCUT2D eigenvalue weighted by Gasteiger charge is 2.31. The molecule has 16 heavy (non-hydrogen) atoms. The van der Waals surface area contributed by atoms with E-state index in [0.29, 0.717) is 0 Å². The Morgan fingerprint density at radius 1 is 1.56 bits per heavy atom. The van der Waals surface area contributed by atoms with Gasteiger partial charge in [0.2, 0.25) is 5.91 Å². The third-order valence-electron chi connectivity index (χ3n) is 3.18. The molecule has 2 unspecified atom stereocenters. The quantitative estimate of drug-likeness (QED) is 0.781. The van der Waals surface area contributed by atoms with Crippen molar-refractivity contribution in [1.82, 2.24) is 15.3 Å². The maximum Gasteiger partial charge on any atom is 0.245 e. The van der Waals surface area contributed by atoms with E-state index in [9.17, 15) is 4.79 Å². The lowest BCUT2D eigenvalue weighted by atomic mass is 10.1. The van der Waals surface area contributed by atoms with Gasteiger partial charge in [-0.25, -0.2) is 4.98 Å². The predicted molar refractivity (Wildman–Crippen MR) is 62.2 cm³/mol. The lowest BCUT2D eigenvalue weighted by molar-refractivity contribution is -0.120. The van der Waals surface area contributed by atoms with E-state index in [4.69, 9.17) is 0 Å². The van der Waals surface area contributed by atoms with Crippen molar-refractivity contribution >= 4 is 11.7 Å². The van der Waals surface area contributed by atoms with Gasteiger partial charge in [0.15, 0.2) is 0 Å². The van der Waals surface area contributed by atoms with Crippen LogP contribution in [0.25, 0.3) is 0 Å². The number of aromatic nitrogens is 2. The van der Waals surface area contributed by atoms with E-state index in [2.05, 4.69) is 22.2 Å². The van der Waals surface area contributed by atoms with Crippen LogP contribution in [0.4, 0.5) is 5.82 Å². The molecular formula is C11H18N4O. The zero-order chi connectivity index (χ0) is 11.5. The fourth-order valence-corrected chi connectivity index (χ4v) is 2.26. The van der Waals surface area contributed by atoms with E-state index in [-0.39, 0.29) is 18.0 Å². The van der Waals surface area contributed by atoms with Crippen LogP contribution in [0.2, 0.25) is 0 Å². The average Bonchev–Trinajstić information content (AvgIpc) is 2.73. The first-order valence-corrected chi connectivity index (χ1v) is 5.72. The number of hydrogen-bond donors (Lipinski definition) is 2. The number of likely N-dealkylation sites (N-methyl/N-ethyl adjacent to an activating group) is 1. The summed E-state index contributed by atoms with van der Waals surface area (Å²) in [5.74, 6) is 0.927. The van der Waals surface area contributed by atoms with Crippen molar-refractivity contribution in [2.45, 2.75) is 38.3 Å². The standard InChI is InChI=1S/C11H18N4O/c1-8-4-3-5-9(12-2)11(16)15(8)10-6-13-7-14-10/h6-9,12H,3-5H2,1-2H3,(H,13,14). The topological polar surface area (TPSA) is 61.0 Å². The summed E-state index contributed by atoms with van der Waals surface area (Å²) < 4.78 is 0. The van der Waals surface area contributed by atoms with Crippen molar-refractivity contribution in [1.29, 1.82) is 0 Å². The molecule has 2 heterocycles. The average molecular weight is 222 g/mol. The molecule has 5 nitrogen and oxygen atoms in total. The molecule has 0 aromatic carbocycles. The first-order valence-electron chi connectivity index (χ1n) is 5.72. The molecule has 2 atom stereocenters. The van der Waals surface area contributed by atoms with Crippen molar-refractivity contribution < 1.29 is 4.79 Å². The second-order valence-electron chi connectivity index (χ2n) is 4.27. The highest BCUT2D eigenvalue weighted by atomic mass is 16.2. The Morgan fingerprint density at radius 3 is 3.00 bits per heavy atom. The smallest absolute Gasteiger partial charge is 0.245 e. The Kier molecular flexibility index (Phi) is 3.24. The number of H-pyrrole nitrogens is 1. The largest absolute Gasteiger partial charge is 0.331 e. The summed E-state index contributed by atoms with van der Waals surface area (Å²) in [5.41, 5.74) is 0. The highest BCUT2D eigenvalue weighted by molar-refractivity contribution is 5.97. The van der Waals surface area contributed by atoms with Gasteiger partial charge in [-0.05, 0) is 33.2 Å². The van der Waals surface area contributed by atoms with E-state index < -0.39 is 0 Å². The van der Waals surface area contributed by atoms with Crippen LogP contribution in [-0.4, -0.2) is 35.0 Å². The first-order chi connectivity index (χ1) is 7.74. The van der Waals surface area contributed by atoms with Crippen molar-refractivity contribution in [3.8, 4) is 0 Å². The van der Waals surface area contributed by atoms with E-state index in [1.807, 2.05) is 11.9 Å². The van der Waals surface area contributed by atoms with Gasteiger partial charge in [-0.3, -0.25) is 9.69 Å². The fraction of sp³-hybridized carbons (Fsp3) is 0.636. The summed E-state index contributed by atoms with van der Waals surface area (Å²) >= 11 is 0. The van der Waals surface area contributed by atoms with Crippen LogP contribution >= 0.6 is 0 Å². The number of amides is 1. The molecule has 1 aliphatic rings. The molecule has 0 aliphatic carbocycles. The van der Waals surface area contributed by atoms with Crippen LogP contribution in [0.15, 0.2) is 12.5 Å². The molecule has 0 saturated carbocycles. The van der Waals surface area contributed by atoms with Gasteiger partial charge in [0.25, 0.3) is 0 Å². The maximum atomic E-state index is 12.3. The van der Waals surface area contributed by atoms with Crippen LogP contribution in [-0.2, 0) is 4.79 Å². The molecule has 2 rings (SSSR count). The molecule has 2 N–H and O–H groups in total.